The van der Waals surface area contributed by atoms with E-state index in [0.717, 1.165) is 5.56 Å². The van der Waals surface area contributed by atoms with E-state index in [2.05, 4.69) is 15.0 Å². The predicted molar refractivity (Wildman–Crippen MR) is 125 cm³/mol. The molecule has 0 saturated heterocycles. The monoisotopic (exact) mass is 482 g/mol. The zero-order chi connectivity index (χ0) is 25.1. The Morgan fingerprint density at radius 2 is 1.89 bits per heavy atom. The minimum absolute atomic E-state index is 0.0145. The number of carbonyl (C=O) groups excluding carboxylic acids is 1. The van der Waals surface area contributed by atoms with Crippen molar-refractivity contribution in [3.8, 4) is 28.5 Å². The number of halogens is 2. The van der Waals surface area contributed by atoms with Gasteiger partial charge in [0.15, 0.2) is 23.1 Å². The molecule has 0 radical (unpaired) electrons. The van der Waals surface area contributed by atoms with Crippen LogP contribution in [0.25, 0.3) is 11.3 Å². The third-order valence-corrected chi connectivity index (χ3v) is 5.65. The van der Waals surface area contributed by atoms with Gasteiger partial charge in [-0.2, -0.15) is 0 Å². The smallest absolute Gasteiger partial charge is 0.340 e. The molecular formula is C26H24F2N2O5. The van der Waals surface area contributed by atoms with E-state index in [1.165, 1.54) is 18.2 Å². The fourth-order valence-electron chi connectivity index (χ4n) is 3.85. The van der Waals surface area contributed by atoms with Crippen LogP contribution in [0.3, 0.4) is 0 Å². The van der Waals surface area contributed by atoms with Gasteiger partial charge in [0.2, 0.25) is 0 Å². The summed E-state index contributed by atoms with van der Waals surface area (Å²) < 4.78 is 40.9. The average molecular weight is 482 g/mol. The molecule has 2 heterocycles. The number of nitrogens with zero attached hydrogens (tertiary/aromatic N) is 2. The first-order valence-electron chi connectivity index (χ1n) is 11.1. The number of hydrogen-bond acceptors (Lipinski definition) is 7. The lowest BCUT2D eigenvalue weighted by molar-refractivity contribution is -0.140. The SMILES string of the molecule is CCOc1cccc(-c2nc(Cc3c(C)cc(OCC4=NOC(=O)C4)c(F)c3C)ccc2O)c1F. The lowest BCUT2D eigenvalue weighted by atomic mass is 9.96. The highest BCUT2D eigenvalue weighted by Gasteiger charge is 2.21. The van der Waals surface area contributed by atoms with Crippen molar-refractivity contribution in [1.29, 1.82) is 0 Å². The van der Waals surface area contributed by atoms with Crippen molar-refractivity contribution in [2.45, 2.75) is 33.6 Å². The fraction of sp³-hybridized carbons (Fsp3) is 0.269. The summed E-state index contributed by atoms with van der Waals surface area (Å²) in [5.74, 6) is -1.70. The van der Waals surface area contributed by atoms with Gasteiger partial charge in [-0.15, -0.1) is 0 Å². The minimum Gasteiger partial charge on any atom is -0.506 e. The van der Waals surface area contributed by atoms with E-state index in [0.29, 0.717) is 29.1 Å². The second-order valence-corrected chi connectivity index (χ2v) is 8.09. The summed E-state index contributed by atoms with van der Waals surface area (Å²) in [4.78, 5) is 20.1. The first kappa shape index (κ1) is 24.1. The molecule has 1 aromatic heterocycles. The molecule has 0 bridgehead atoms. The third kappa shape index (κ3) is 5.08. The molecule has 0 saturated carbocycles. The number of aromatic hydroxyl groups is 1. The molecule has 0 unspecified atom stereocenters. The van der Waals surface area contributed by atoms with Gasteiger partial charge in [-0.05, 0) is 67.8 Å². The van der Waals surface area contributed by atoms with Crippen molar-refractivity contribution in [3.63, 3.8) is 0 Å². The number of rotatable bonds is 8. The summed E-state index contributed by atoms with van der Waals surface area (Å²) in [5, 5.41) is 14.0. The number of carbonyl (C=O) groups is 1. The molecule has 0 atom stereocenters. The van der Waals surface area contributed by atoms with Crippen molar-refractivity contribution < 1.29 is 33.0 Å². The Morgan fingerprint density at radius 1 is 1.09 bits per heavy atom. The molecule has 3 aromatic rings. The number of hydrogen-bond donors (Lipinski definition) is 1. The maximum absolute atomic E-state index is 15.1. The molecule has 2 aromatic carbocycles. The van der Waals surface area contributed by atoms with Crippen LogP contribution in [0.5, 0.6) is 17.2 Å². The van der Waals surface area contributed by atoms with Gasteiger partial charge >= 0.3 is 5.97 Å². The molecule has 7 nitrogen and oxygen atoms in total. The Labute approximate surface area is 201 Å². The standard InChI is InChI=1S/C26H24F2N2O5/c1-4-33-21-7-5-6-18(25(21)28)26-20(31)9-8-16(29-26)11-19-14(2)10-22(24(27)15(19)3)34-13-17-12-23(32)35-30-17/h5-10,31H,4,11-13H2,1-3H3. The van der Waals surface area contributed by atoms with Gasteiger partial charge in [0.05, 0.1) is 13.0 Å². The van der Waals surface area contributed by atoms with Gasteiger partial charge in [-0.1, -0.05) is 11.2 Å². The lowest BCUT2D eigenvalue weighted by Gasteiger charge is -2.16. The van der Waals surface area contributed by atoms with Crippen molar-refractivity contribution in [1.82, 2.24) is 4.98 Å². The molecular weight excluding hydrogens is 458 g/mol. The fourth-order valence-corrected chi connectivity index (χ4v) is 3.85. The van der Waals surface area contributed by atoms with Crippen molar-refractivity contribution in [2.75, 3.05) is 13.2 Å². The maximum atomic E-state index is 15.1. The van der Waals surface area contributed by atoms with E-state index in [4.69, 9.17) is 9.47 Å². The van der Waals surface area contributed by atoms with Crippen LogP contribution in [0, 0.1) is 25.5 Å². The summed E-state index contributed by atoms with van der Waals surface area (Å²) in [6.45, 7) is 5.44. The van der Waals surface area contributed by atoms with Gasteiger partial charge in [0.25, 0.3) is 0 Å². The van der Waals surface area contributed by atoms with Crippen LogP contribution in [-0.2, 0) is 16.1 Å². The second kappa shape index (κ2) is 10.1. The zero-order valence-electron chi connectivity index (χ0n) is 19.5. The molecule has 35 heavy (non-hydrogen) atoms. The number of aromatic nitrogens is 1. The topological polar surface area (TPSA) is 90.2 Å². The summed E-state index contributed by atoms with van der Waals surface area (Å²) in [6.07, 6.45) is 0.268. The molecule has 0 fully saturated rings. The van der Waals surface area contributed by atoms with E-state index in [1.807, 2.05) is 6.92 Å². The molecule has 4 rings (SSSR count). The molecule has 1 aliphatic rings. The molecule has 0 aliphatic carbocycles. The number of aryl methyl sites for hydroxylation is 1. The first-order chi connectivity index (χ1) is 16.8. The highest BCUT2D eigenvalue weighted by molar-refractivity contribution is 6.02. The van der Waals surface area contributed by atoms with Crippen LogP contribution < -0.4 is 9.47 Å². The van der Waals surface area contributed by atoms with Gasteiger partial charge in [-0.25, -0.2) is 18.6 Å². The van der Waals surface area contributed by atoms with E-state index < -0.39 is 17.6 Å². The molecule has 9 heteroatoms. The Hall–Kier alpha value is -4.01. The summed E-state index contributed by atoms with van der Waals surface area (Å²) in [6, 6.07) is 9.27. The molecule has 182 valence electrons. The Bertz CT molecular complexity index is 1320. The van der Waals surface area contributed by atoms with Crippen molar-refractivity contribution in [2.24, 2.45) is 5.16 Å². The highest BCUT2D eigenvalue weighted by Crippen LogP contribution is 2.34. The van der Waals surface area contributed by atoms with Gasteiger partial charge in [0, 0.05) is 17.7 Å². The summed E-state index contributed by atoms with van der Waals surface area (Å²) in [5.41, 5.74) is 2.92. The van der Waals surface area contributed by atoms with Gasteiger partial charge in [-0.3, -0.25) is 0 Å². The van der Waals surface area contributed by atoms with E-state index >= 15 is 4.39 Å². The van der Waals surface area contributed by atoms with Gasteiger partial charge < -0.3 is 19.4 Å². The largest absolute Gasteiger partial charge is 0.506 e. The van der Waals surface area contributed by atoms with E-state index in [1.54, 1.807) is 32.0 Å². The summed E-state index contributed by atoms with van der Waals surface area (Å²) in [7, 11) is 0. The number of ether oxygens (including phenoxy) is 2. The zero-order valence-corrected chi connectivity index (χ0v) is 19.5. The van der Waals surface area contributed by atoms with Crippen LogP contribution in [-0.4, -0.2) is 35.0 Å². The Morgan fingerprint density at radius 3 is 2.60 bits per heavy atom. The molecule has 0 spiro atoms. The van der Waals surface area contributed by atoms with Crippen molar-refractivity contribution >= 4 is 11.7 Å². The van der Waals surface area contributed by atoms with Crippen LogP contribution >= 0.6 is 0 Å². The third-order valence-electron chi connectivity index (χ3n) is 5.65. The van der Waals surface area contributed by atoms with Gasteiger partial charge in [0.1, 0.15) is 23.8 Å². The number of oxime groups is 1. The lowest BCUT2D eigenvalue weighted by Crippen LogP contribution is -2.12. The number of pyridine rings is 1. The molecule has 1 N–H and O–H groups in total. The number of benzene rings is 2. The quantitative estimate of drug-likeness (QED) is 0.454. The predicted octanol–water partition coefficient (Wildman–Crippen LogP) is 5.02. The normalized spacial score (nSPS) is 12.9. The van der Waals surface area contributed by atoms with Crippen LogP contribution in [0.1, 0.15) is 35.7 Å². The van der Waals surface area contributed by atoms with E-state index in [-0.39, 0.29) is 48.0 Å². The van der Waals surface area contributed by atoms with Crippen LogP contribution in [0.4, 0.5) is 8.78 Å². The van der Waals surface area contributed by atoms with Crippen LogP contribution in [0.2, 0.25) is 0 Å². The first-order valence-corrected chi connectivity index (χ1v) is 11.1. The second-order valence-electron chi connectivity index (χ2n) is 8.09. The van der Waals surface area contributed by atoms with Crippen molar-refractivity contribution in [3.05, 3.63) is 70.4 Å². The Balaban J connectivity index is 1.61. The minimum atomic E-state index is -0.617. The molecule has 0 amide bonds. The molecule has 1 aliphatic heterocycles. The Kier molecular flexibility index (Phi) is 6.95. The average Bonchev–Trinajstić information content (AvgIpc) is 3.26. The highest BCUT2D eigenvalue weighted by atomic mass is 19.1. The summed E-state index contributed by atoms with van der Waals surface area (Å²) >= 11 is 0. The van der Waals surface area contributed by atoms with E-state index in [9.17, 15) is 14.3 Å². The maximum Gasteiger partial charge on any atom is 0.340 e. The van der Waals surface area contributed by atoms with Crippen LogP contribution in [0.15, 0.2) is 41.6 Å².